The third kappa shape index (κ3) is 6.46. The topological polar surface area (TPSA) is 46.5 Å². The molecule has 1 atom stereocenters. The molecule has 0 aliphatic carbocycles. The highest BCUT2D eigenvalue weighted by molar-refractivity contribution is 7.99. The van der Waals surface area contributed by atoms with Crippen LogP contribution < -0.4 is 4.74 Å². The monoisotopic (exact) mass is 392 g/mol. The molecule has 0 fully saturated rings. The molecule has 3 rings (SSSR count). The first-order valence-electron chi connectivity index (χ1n) is 9.31. The molecule has 3 aromatic rings. The number of carboxylic acids is 1. The van der Waals surface area contributed by atoms with Crippen LogP contribution in [0.3, 0.4) is 0 Å². The summed E-state index contributed by atoms with van der Waals surface area (Å²) in [5.74, 6) is 1.28. The molecule has 144 valence electrons. The van der Waals surface area contributed by atoms with Crippen LogP contribution in [0.1, 0.15) is 22.6 Å². The van der Waals surface area contributed by atoms with Gasteiger partial charge >= 0.3 is 5.97 Å². The minimum atomic E-state index is -0.767. The number of carbonyl (C=O) groups is 1. The summed E-state index contributed by atoms with van der Waals surface area (Å²) in [6, 6.07) is 28.6. The number of hydrogen-bond donors (Lipinski definition) is 1. The third-order valence-corrected chi connectivity index (χ3v) is 5.56. The second-order valence-corrected chi connectivity index (χ2v) is 7.67. The third-order valence-electron chi connectivity index (χ3n) is 4.47. The molecule has 0 aromatic heterocycles. The largest absolute Gasteiger partial charge is 0.489 e. The van der Waals surface area contributed by atoms with Gasteiger partial charge in [0.15, 0.2) is 0 Å². The summed E-state index contributed by atoms with van der Waals surface area (Å²) < 4.78 is 5.86. The summed E-state index contributed by atoms with van der Waals surface area (Å²) in [4.78, 5) is 10.8. The fraction of sp³-hybridized carbons (Fsp3) is 0.208. The maximum Gasteiger partial charge on any atom is 0.313 e. The van der Waals surface area contributed by atoms with E-state index in [0.29, 0.717) is 6.61 Å². The molecule has 4 heteroatoms. The van der Waals surface area contributed by atoms with Crippen LogP contribution in [0.25, 0.3) is 0 Å². The molecular formula is C24H24O3S. The Kier molecular flexibility index (Phi) is 7.56. The first-order valence-corrected chi connectivity index (χ1v) is 10.5. The van der Waals surface area contributed by atoms with Crippen LogP contribution in [-0.4, -0.2) is 22.6 Å². The molecule has 0 aliphatic rings. The summed E-state index contributed by atoms with van der Waals surface area (Å²) in [6.45, 7) is 0.554. The highest BCUT2D eigenvalue weighted by Crippen LogP contribution is 2.26. The smallest absolute Gasteiger partial charge is 0.313 e. The van der Waals surface area contributed by atoms with Gasteiger partial charge in [0.05, 0.1) is 5.75 Å². The van der Waals surface area contributed by atoms with Crippen LogP contribution in [-0.2, 0) is 17.8 Å². The van der Waals surface area contributed by atoms with E-state index in [4.69, 9.17) is 9.84 Å². The zero-order valence-electron chi connectivity index (χ0n) is 15.7. The highest BCUT2D eigenvalue weighted by Gasteiger charge is 2.13. The average Bonchev–Trinajstić information content (AvgIpc) is 2.73. The first-order chi connectivity index (χ1) is 13.7. The van der Waals surface area contributed by atoms with Gasteiger partial charge in [0.2, 0.25) is 0 Å². The summed E-state index contributed by atoms with van der Waals surface area (Å²) in [6.07, 6.45) is 0.871. The zero-order valence-corrected chi connectivity index (χ0v) is 16.5. The molecule has 0 bridgehead atoms. The van der Waals surface area contributed by atoms with Crippen molar-refractivity contribution in [3.63, 3.8) is 0 Å². The lowest BCUT2D eigenvalue weighted by molar-refractivity contribution is -0.133. The average molecular weight is 393 g/mol. The number of rotatable bonds is 10. The maximum absolute atomic E-state index is 10.8. The van der Waals surface area contributed by atoms with Gasteiger partial charge in [-0.05, 0) is 41.2 Å². The quantitative estimate of drug-likeness (QED) is 0.501. The number of hydrogen-bond acceptors (Lipinski definition) is 3. The van der Waals surface area contributed by atoms with Crippen LogP contribution in [0.5, 0.6) is 5.75 Å². The second-order valence-electron chi connectivity index (χ2n) is 6.64. The molecule has 0 radical (unpaired) electrons. The molecule has 0 amide bonds. The van der Waals surface area contributed by atoms with Gasteiger partial charge in [-0.3, -0.25) is 4.79 Å². The predicted octanol–water partition coefficient (Wildman–Crippen LogP) is 5.41. The van der Waals surface area contributed by atoms with Gasteiger partial charge in [-0.1, -0.05) is 72.8 Å². The van der Waals surface area contributed by atoms with Gasteiger partial charge in [-0.15, -0.1) is 11.8 Å². The Hall–Kier alpha value is -2.72. The molecule has 0 saturated heterocycles. The van der Waals surface area contributed by atoms with Crippen molar-refractivity contribution in [3.05, 3.63) is 102 Å². The van der Waals surface area contributed by atoms with Gasteiger partial charge in [0, 0.05) is 5.75 Å². The molecule has 3 nitrogen and oxygen atoms in total. The van der Waals surface area contributed by atoms with Gasteiger partial charge < -0.3 is 9.84 Å². The van der Waals surface area contributed by atoms with Crippen molar-refractivity contribution < 1.29 is 14.6 Å². The van der Waals surface area contributed by atoms with Gasteiger partial charge in [0.1, 0.15) is 12.4 Å². The summed E-state index contributed by atoms with van der Waals surface area (Å²) in [5, 5.41) is 8.92. The molecule has 0 aliphatic heterocycles. The Morgan fingerprint density at radius 1 is 0.857 bits per heavy atom. The SMILES string of the molecule is O=C(O)CSCC(Cc1ccc(OCc2ccccc2)cc1)c1ccccc1. The van der Waals surface area contributed by atoms with E-state index in [1.54, 1.807) is 0 Å². The van der Waals surface area contributed by atoms with E-state index in [2.05, 4.69) is 24.3 Å². The lowest BCUT2D eigenvalue weighted by Crippen LogP contribution is -2.08. The van der Waals surface area contributed by atoms with Crippen molar-refractivity contribution in [2.45, 2.75) is 18.9 Å². The molecule has 0 spiro atoms. The number of thioether (sulfide) groups is 1. The molecular weight excluding hydrogens is 368 g/mol. The molecule has 0 heterocycles. The van der Waals surface area contributed by atoms with E-state index in [1.807, 2.05) is 60.7 Å². The Balaban J connectivity index is 1.61. The van der Waals surface area contributed by atoms with E-state index in [1.165, 1.54) is 22.9 Å². The van der Waals surface area contributed by atoms with Crippen LogP contribution in [0.2, 0.25) is 0 Å². The Bertz CT molecular complexity index is 848. The maximum atomic E-state index is 10.8. The lowest BCUT2D eigenvalue weighted by Gasteiger charge is -2.17. The highest BCUT2D eigenvalue weighted by atomic mass is 32.2. The van der Waals surface area contributed by atoms with Crippen molar-refractivity contribution >= 4 is 17.7 Å². The van der Waals surface area contributed by atoms with Crippen LogP contribution in [0.15, 0.2) is 84.9 Å². The Morgan fingerprint density at radius 2 is 1.50 bits per heavy atom. The number of aliphatic carboxylic acids is 1. The van der Waals surface area contributed by atoms with Crippen LogP contribution in [0, 0.1) is 0 Å². The van der Waals surface area contributed by atoms with Crippen LogP contribution >= 0.6 is 11.8 Å². The summed E-state index contributed by atoms with van der Waals surface area (Å²) in [7, 11) is 0. The van der Waals surface area contributed by atoms with Gasteiger partial charge in [0.25, 0.3) is 0 Å². The fourth-order valence-electron chi connectivity index (χ4n) is 3.03. The van der Waals surface area contributed by atoms with Crippen molar-refractivity contribution in [1.29, 1.82) is 0 Å². The predicted molar refractivity (Wildman–Crippen MR) is 115 cm³/mol. The summed E-state index contributed by atoms with van der Waals surface area (Å²) >= 11 is 1.47. The van der Waals surface area contributed by atoms with Crippen molar-refractivity contribution in [3.8, 4) is 5.75 Å². The van der Waals surface area contributed by atoms with Gasteiger partial charge in [-0.25, -0.2) is 0 Å². The second kappa shape index (κ2) is 10.6. The molecule has 0 saturated carbocycles. The number of carboxylic acid groups (broad SMARTS) is 1. The molecule has 28 heavy (non-hydrogen) atoms. The molecule has 1 N–H and O–H groups in total. The number of ether oxygens (including phenoxy) is 1. The Labute approximate surface area is 170 Å². The van der Waals surface area contributed by atoms with Gasteiger partial charge in [-0.2, -0.15) is 0 Å². The van der Waals surface area contributed by atoms with E-state index in [0.717, 1.165) is 23.5 Å². The van der Waals surface area contributed by atoms with Crippen molar-refractivity contribution in [2.75, 3.05) is 11.5 Å². The lowest BCUT2D eigenvalue weighted by atomic mass is 9.93. The normalized spacial score (nSPS) is 11.7. The molecule has 3 aromatic carbocycles. The van der Waals surface area contributed by atoms with E-state index < -0.39 is 5.97 Å². The van der Waals surface area contributed by atoms with E-state index >= 15 is 0 Å². The van der Waals surface area contributed by atoms with E-state index in [9.17, 15) is 4.79 Å². The molecule has 1 unspecified atom stereocenters. The Morgan fingerprint density at radius 3 is 2.14 bits per heavy atom. The minimum Gasteiger partial charge on any atom is -0.489 e. The number of benzene rings is 3. The van der Waals surface area contributed by atoms with E-state index in [-0.39, 0.29) is 11.7 Å². The standard InChI is InChI=1S/C24H24O3S/c25-24(26)18-28-17-22(21-9-5-2-6-10-21)15-19-11-13-23(14-12-19)27-16-20-7-3-1-4-8-20/h1-14,22H,15-18H2,(H,25,26). The summed E-state index contributed by atoms with van der Waals surface area (Å²) in [5.41, 5.74) is 3.60. The fourth-order valence-corrected chi connectivity index (χ4v) is 3.92. The van der Waals surface area contributed by atoms with Crippen molar-refractivity contribution in [1.82, 2.24) is 0 Å². The zero-order chi connectivity index (χ0) is 19.6. The van der Waals surface area contributed by atoms with Crippen LogP contribution in [0.4, 0.5) is 0 Å². The first kappa shape index (κ1) is 20.0. The van der Waals surface area contributed by atoms with Crippen molar-refractivity contribution in [2.24, 2.45) is 0 Å². The minimum absolute atomic E-state index is 0.135.